The van der Waals surface area contributed by atoms with E-state index in [4.69, 9.17) is 9.47 Å². The molecule has 0 radical (unpaired) electrons. The second-order valence-corrected chi connectivity index (χ2v) is 7.51. The summed E-state index contributed by atoms with van der Waals surface area (Å²) in [5.41, 5.74) is 0. The number of hydrogen-bond donors (Lipinski definition) is 2. The number of nitrogens with one attached hydrogen (secondary N) is 2. The van der Waals surface area contributed by atoms with Crippen molar-refractivity contribution >= 4 is 5.96 Å². The molecular formula is C19H37N3O2. The van der Waals surface area contributed by atoms with Gasteiger partial charge >= 0.3 is 0 Å². The summed E-state index contributed by atoms with van der Waals surface area (Å²) in [4.78, 5) is 4.30. The standard InChI is InChI=1S/C19H37N3O2/c1-16-5-3-6-17(13-16)7-10-22-19(20-2)21-9-4-11-23-14-18-8-12-24-15-18/h16-18H,3-15H2,1-2H3,(H2,20,21,22). The first kappa shape index (κ1) is 19.5. The molecule has 1 heterocycles. The van der Waals surface area contributed by atoms with E-state index in [9.17, 15) is 0 Å². The minimum Gasteiger partial charge on any atom is -0.381 e. The molecule has 3 unspecified atom stereocenters. The quantitative estimate of drug-likeness (QED) is 0.385. The Bertz CT molecular complexity index is 357. The van der Waals surface area contributed by atoms with Crippen LogP contribution in [-0.4, -0.2) is 52.5 Å². The number of aliphatic imine (C=N–C) groups is 1. The normalized spacial score (nSPS) is 28.1. The van der Waals surface area contributed by atoms with Gasteiger partial charge in [-0.25, -0.2) is 0 Å². The lowest BCUT2D eigenvalue weighted by Gasteiger charge is -2.26. The summed E-state index contributed by atoms with van der Waals surface area (Å²) in [6, 6.07) is 0. The van der Waals surface area contributed by atoms with Gasteiger partial charge in [0.25, 0.3) is 0 Å². The number of guanidine groups is 1. The molecule has 2 fully saturated rings. The molecule has 140 valence electrons. The number of hydrogen-bond acceptors (Lipinski definition) is 3. The second kappa shape index (κ2) is 11.7. The largest absolute Gasteiger partial charge is 0.381 e. The third kappa shape index (κ3) is 7.84. The van der Waals surface area contributed by atoms with Gasteiger partial charge in [0.2, 0.25) is 0 Å². The monoisotopic (exact) mass is 339 g/mol. The first-order valence-electron chi connectivity index (χ1n) is 9.88. The van der Waals surface area contributed by atoms with Crippen molar-refractivity contribution in [1.29, 1.82) is 0 Å². The summed E-state index contributed by atoms with van der Waals surface area (Å²) in [5.74, 6) is 3.34. The van der Waals surface area contributed by atoms with Crippen molar-refractivity contribution < 1.29 is 9.47 Å². The van der Waals surface area contributed by atoms with Crippen molar-refractivity contribution in [3.05, 3.63) is 0 Å². The van der Waals surface area contributed by atoms with Crippen LogP contribution in [0.2, 0.25) is 0 Å². The molecule has 2 aliphatic rings. The van der Waals surface area contributed by atoms with Crippen molar-refractivity contribution in [2.75, 3.05) is 46.6 Å². The van der Waals surface area contributed by atoms with E-state index >= 15 is 0 Å². The molecule has 1 aliphatic heterocycles. The van der Waals surface area contributed by atoms with Gasteiger partial charge in [0.1, 0.15) is 0 Å². The fourth-order valence-corrected chi connectivity index (χ4v) is 3.78. The number of nitrogens with zero attached hydrogens (tertiary/aromatic N) is 1. The maximum atomic E-state index is 5.72. The van der Waals surface area contributed by atoms with E-state index in [-0.39, 0.29) is 0 Å². The average Bonchev–Trinajstić information content (AvgIpc) is 3.09. The lowest BCUT2D eigenvalue weighted by molar-refractivity contribution is 0.0888. The molecule has 2 rings (SSSR count). The Labute approximate surface area is 148 Å². The zero-order chi connectivity index (χ0) is 17.0. The highest BCUT2D eigenvalue weighted by Crippen LogP contribution is 2.30. The van der Waals surface area contributed by atoms with E-state index in [1.54, 1.807) is 0 Å². The molecule has 0 aromatic heterocycles. The van der Waals surface area contributed by atoms with E-state index in [0.29, 0.717) is 5.92 Å². The Morgan fingerprint density at radius 1 is 1.17 bits per heavy atom. The average molecular weight is 340 g/mol. The number of ether oxygens (including phenoxy) is 2. The molecule has 0 spiro atoms. The van der Waals surface area contributed by atoms with Crippen LogP contribution in [0.25, 0.3) is 0 Å². The molecule has 0 aromatic carbocycles. The van der Waals surface area contributed by atoms with Gasteiger partial charge in [-0.15, -0.1) is 0 Å². The highest BCUT2D eigenvalue weighted by Gasteiger charge is 2.18. The van der Waals surface area contributed by atoms with Crippen LogP contribution in [0.3, 0.4) is 0 Å². The SMILES string of the molecule is CN=C(NCCCOCC1CCOC1)NCCC1CCCC(C)C1. The molecule has 24 heavy (non-hydrogen) atoms. The molecule has 5 heteroatoms. The second-order valence-electron chi connectivity index (χ2n) is 7.51. The van der Waals surface area contributed by atoms with Crippen LogP contribution >= 0.6 is 0 Å². The first-order chi connectivity index (χ1) is 11.8. The summed E-state index contributed by atoms with van der Waals surface area (Å²) >= 11 is 0. The maximum Gasteiger partial charge on any atom is 0.190 e. The van der Waals surface area contributed by atoms with Gasteiger partial charge in [0.15, 0.2) is 5.96 Å². The minimum absolute atomic E-state index is 0.606. The summed E-state index contributed by atoms with van der Waals surface area (Å²) in [7, 11) is 1.84. The predicted molar refractivity (Wildman–Crippen MR) is 99.5 cm³/mol. The van der Waals surface area contributed by atoms with Gasteiger partial charge in [-0.1, -0.05) is 26.2 Å². The molecule has 1 aliphatic carbocycles. The summed E-state index contributed by atoms with van der Waals surface area (Å²) in [5, 5.41) is 6.83. The van der Waals surface area contributed by atoms with Crippen molar-refractivity contribution in [3.8, 4) is 0 Å². The summed E-state index contributed by atoms with van der Waals surface area (Å²) < 4.78 is 11.1. The molecule has 0 amide bonds. The van der Waals surface area contributed by atoms with Crippen LogP contribution in [0.1, 0.15) is 51.9 Å². The van der Waals surface area contributed by atoms with Crippen molar-refractivity contribution in [3.63, 3.8) is 0 Å². The van der Waals surface area contributed by atoms with Crippen LogP contribution in [0.5, 0.6) is 0 Å². The van der Waals surface area contributed by atoms with E-state index < -0.39 is 0 Å². The Hall–Kier alpha value is -0.810. The van der Waals surface area contributed by atoms with Gasteiger partial charge in [-0.05, 0) is 37.5 Å². The van der Waals surface area contributed by atoms with E-state index in [1.807, 2.05) is 7.05 Å². The molecule has 1 saturated heterocycles. The zero-order valence-corrected chi connectivity index (χ0v) is 15.7. The van der Waals surface area contributed by atoms with Gasteiger partial charge < -0.3 is 20.1 Å². The fourth-order valence-electron chi connectivity index (χ4n) is 3.78. The summed E-state index contributed by atoms with van der Waals surface area (Å²) in [6.07, 6.45) is 9.05. The Balaban J connectivity index is 1.44. The van der Waals surface area contributed by atoms with Gasteiger partial charge in [0.05, 0.1) is 13.2 Å². The summed E-state index contributed by atoms with van der Waals surface area (Å²) in [6.45, 7) is 7.73. The Morgan fingerprint density at radius 2 is 2.04 bits per heavy atom. The molecule has 1 saturated carbocycles. The predicted octanol–water partition coefficient (Wildman–Crippen LogP) is 2.81. The van der Waals surface area contributed by atoms with Gasteiger partial charge in [0, 0.05) is 39.3 Å². The van der Waals surface area contributed by atoms with Crippen LogP contribution < -0.4 is 10.6 Å². The Morgan fingerprint density at radius 3 is 2.79 bits per heavy atom. The van der Waals surface area contributed by atoms with Crippen LogP contribution in [0.15, 0.2) is 4.99 Å². The third-order valence-electron chi connectivity index (χ3n) is 5.25. The van der Waals surface area contributed by atoms with Crippen LogP contribution in [-0.2, 0) is 9.47 Å². The molecule has 2 N–H and O–H groups in total. The van der Waals surface area contributed by atoms with Crippen molar-refractivity contribution in [2.24, 2.45) is 22.7 Å². The smallest absolute Gasteiger partial charge is 0.190 e. The fraction of sp³-hybridized carbons (Fsp3) is 0.947. The lowest BCUT2D eigenvalue weighted by Crippen LogP contribution is -2.39. The maximum absolute atomic E-state index is 5.72. The van der Waals surface area contributed by atoms with Crippen molar-refractivity contribution in [2.45, 2.75) is 51.9 Å². The molecular weight excluding hydrogens is 302 g/mol. The first-order valence-corrected chi connectivity index (χ1v) is 9.88. The highest BCUT2D eigenvalue weighted by atomic mass is 16.5. The van der Waals surface area contributed by atoms with E-state index in [2.05, 4.69) is 22.5 Å². The topological polar surface area (TPSA) is 54.9 Å². The van der Waals surface area contributed by atoms with E-state index in [1.165, 1.54) is 32.1 Å². The molecule has 3 atom stereocenters. The Kier molecular flexibility index (Phi) is 9.51. The minimum atomic E-state index is 0.606. The number of rotatable bonds is 9. The zero-order valence-electron chi connectivity index (χ0n) is 15.7. The highest BCUT2D eigenvalue weighted by molar-refractivity contribution is 5.79. The van der Waals surface area contributed by atoms with Gasteiger partial charge in [-0.2, -0.15) is 0 Å². The van der Waals surface area contributed by atoms with Crippen LogP contribution in [0, 0.1) is 17.8 Å². The molecule has 0 aromatic rings. The van der Waals surface area contributed by atoms with Crippen LogP contribution in [0.4, 0.5) is 0 Å². The van der Waals surface area contributed by atoms with E-state index in [0.717, 1.165) is 70.2 Å². The van der Waals surface area contributed by atoms with Gasteiger partial charge in [-0.3, -0.25) is 4.99 Å². The van der Waals surface area contributed by atoms with Crippen molar-refractivity contribution in [1.82, 2.24) is 10.6 Å². The lowest BCUT2D eigenvalue weighted by atomic mass is 9.81. The molecule has 5 nitrogen and oxygen atoms in total. The third-order valence-corrected chi connectivity index (χ3v) is 5.25. The molecule has 0 bridgehead atoms.